The largest absolute Gasteiger partial charge is 0.458 e. The molecule has 0 unspecified atom stereocenters. The lowest BCUT2D eigenvalue weighted by Gasteiger charge is -2.38. The monoisotopic (exact) mass is 519 g/mol. The van der Waals surface area contributed by atoms with Gasteiger partial charge in [0.25, 0.3) is 5.91 Å². The maximum atomic E-state index is 14.6. The first-order chi connectivity index (χ1) is 18.3. The van der Waals surface area contributed by atoms with Crippen molar-refractivity contribution >= 4 is 39.1 Å². The number of ether oxygens (including phenoxy) is 2. The predicted molar refractivity (Wildman–Crippen MR) is 142 cm³/mol. The number of carbonyl (C=O) groups excluding carboxylic acids is 1. The molecule has 0 aliphatic carbocycles. The van der Waals surface area contributed by atoms with Gasteiger partial charge < -0.3 is 25.0 Å². The zero-order valence-electron chi connectivity index (χ0n) is 21.6. The molecular weight excluding hydrogens is 489 g/mol. The fourth-order valence-corrected chi connectivity index (χ4v) is 5.37. The summed E-state index contributed by atoms with van der Waals surface area (Å²) in [5.74, 6) is -0.905. The van der Waals surface area contributed by atoms with Crippen LogP contribution in [0.4, 0.5) is 15.8 Å². The molecule has 2 N–H and O–H groups in total. The lowest BCUT2D eigenvalue weighted by molar-refractivity contribution is 0.102. The van der Waals surface area contributed by atoms with Crippen LogP contribution in [0.1, 0.15) is 30.6 Å². The molecule has 10 nitrogen and oxygen atoms in total. The van der Waals surface area contributed by atoms with E-state index in [4.69, 9.17) is 9.47 Å². The first kappa shape index (κ1) is 24.5. The molecule has 38 heavy (non-hydrogen) atoms. The Morgan fingerprint density at radius 3 is 2.79 bits per heavy atom. The molecule has 4 aromatic rings. The third kappa shape index (κ3) is 4.74. The molecule has 2 fully saturated rings. The summed E-state index contributed by atoms with van der Waals surface area (Å²) in [6.45, 7) is 7.04. The molecule has 2 aliphatic heterocycles. The molecule has 2 aromatic carbocycles. The highest BCUT2D eigenvalue weighted by molar-refractivity contribution is 6.14. The second kappa shape index (κ2) is 9.80. The van der Waals surface area contributed by atoms with Crippen molar-refractivity contribution in [1.82, 2.24) is 25.1 Å². The van der Waals surface area contributed by atoms with Crippen molar-refractivity contribution in [3.8, 4) is 6.01 Å². The average Bonchev–Trinajstić information content (AvgIpc) is 3.51. The number of aryl methyl sites for hydroxylation is 1. The van der Waals surface area contributed by atoms with Crippen molar-refractivity contribution in [2.75, 3.05) is 36.5 Å². The summed E-state index contributed by atoms with van der Waals surface area (Å²) in [6.07, 6.45) is 4.06. The van der Waals surface area contributed by atoms with Gasteiger partial charge in [0.15, 0.2) is 5.82 Å². The minimum atomic E-state index is -0.502. The summed E-state index contributed by atoms with van der Waals surface area (Å²) in [5.41, 5.74) is 2.37. The average molecular weight is 520 g/mol. The van der Waals surface area contributed by atoms with Gasteiger partial charge >= 0.3 is 6.01 Å². The Bertz CT molecular complexity index is 1510. The number of hydrogen-bond donors (Lipinski definition) is 2. The number of hydrogen-bond acceptors (Lipinski definition) is 8. The number of rotatable bonds is 5. The van der Waals surface area contributed by atoms with Crippen molar-refractivity contribution in [1.29, 1.82) is 0 Å². The molecule has 2 saturated heterocycles. The number of nitrogens with one attached hydrogen (secondary N) is 2. The summed E-state index contributed by atoms with van der Waals surface area (Å²) in [4.78, 5) is 25.0. The van der Waals surface area contributed by atoms with Crippen molar-refractivity contribution in [3.05, 3.63) is 48.0 Å². The van der Waals surface area contributed by atoms with Crippen molar-refractivity contribution < 1.29 is 18.7 Å². The van der Waals surface area contributed by atoms with Crippen LogP contribution < -0.4 is 20.3 Å². The quantitative estimate of drug-likeness (QED) is 0.414. The number of carbonyl (C=O) groups is 1. The third-order valence-corrected chi connectivity index (χ3v) is 6.94. The minimum absolute atomic E-state index is 0.128. The third-order valence-electron chi connectivity index (χ3n) is 6.94. The number of fused-ring (bicyclic) bond motifs is 2. The number of nitrogens with zero attached hydrogens (tertiary/aromatic N) is 5. The second-order valence-electron chi connectivity index (χ2n) is 10.2. The summed E-state index contributed by atoms with van der Waals surface area (Å²) in [6, 6.07) is 7.48. The van der Waals surface area contributed by atoms with Crippen LogP contribution in [0.15, 0.2) is 36.7 Å². The predicted octanol–water partition coefficient (Wildman–Crippen LogP) is 3.26. The molecule has 6 rings (SSSR count). The van der Waals surface area contributed by atoms with Crippen LogP contribution in [-0.2, 0) is 11.8 Å². The van der Waals surface area contributed by atoms with E-state index in [9.17, 15) is 9.18 Å². The first-order valence-corrected chi connectivity index (χ1v) is 12.8. The van der Waals surface area contributed by atoms with E-state index in [-0.39, 0.29) is 17.6 Å². The summed E-state index contributed by atoms with van der Waals surface area (Å²) in [7, 11) is 1.72. The van der Waals surface area contributed by atoms with E-state index in [1.165, 1.54) is 10.7 Å². The molecule has 2 aromatic heterocycles. The molecule has 198 valence electrons. The van der Waals surface area contributed by atoms with E-state index < -0.39 is 11.7 Å². The SMILES string of the molecule is C[C@@H]1CN(c2ccc(C(=O)Nc3cc(F)c4nn(C)cc4c3)c3nc(O[C@H]4CCOC4)ncc23)C[C@H](C)N1. The van der Waals surface area contributed by atoms with Gasteiger partial charge in [-0.1, -0.05) is 0 Å². The van der Waals surface area contributed by atoms with Gasteiger partial charge in [0.2, 0.25) is 0 Å². The van der Waals surface area contributed by atoms with Gasteiger partial charge in [0.1, 0.15) is 11.6 Å². The number of amides is 1. The van der Waals surface area contributed by atoms with E-state index in [0.717, 1.165) is 30.6 Å². The number of benzene rings is 2. The van der Waals surface area contributed by atoms with E-state index >= 15 is 0 Å². The molecule has 0 radical (unpaired) electrons. The molecule has 3 atom stereocenters. The Labute approximate surface area is 219 Å². The van der Waals surface area contributed by atoms with Crippen LogP contribution in [-0.4, -0.2) is 70.1 Å². The Morgan fingerprint density at radius 1 is 1.21 bits per heavy atom. The van der Waals surface area contributed by atoms with Gasteiger partial charge in [0.05, 0.1) is 24.3 Å². The highest BCUT2D eigenvalue weighted by Gasteiger charge is 2.26. The van der Waals surface area contributed by atoms with E-state index in [2.05, 4.69) is 44.4 Å². The van der Waals surface area contributed by atoms with Crippen LogP contribution in [0.3, 0.4) is 0 Å². The molecule has 0 saturated carbocycles. The van der Waals surface area contributed by atoms with E-state index in [0.29, 0.717) is 47.5 Å². The Hall–Kier alpha value is -3.83. The van der Waals surface area contributed by atoms with Gasteiger partial charge in [-0.15, -0.1) is 0 Å². The van der Waals surface area contributed by atoms with Crippen LogP contribution in [0.25, 0.3) is 21.8 Å². The van der Waals surface area contributed by atoms with E-state index in [1.807, 2.05) is 6.07 Å². The topological polar surface area (TPSA) is 106 Å². The highest BCUT2D eigenvalue weighted by Crippen LogP contribution is 2.32. The summed E-state index contributed by atoms with van der Waals surface area (Å²) < 4.78 is 27.6. The molecule has 11 heteroatoms. The number of aromatic nitrogens is 4. The maximum absolute atomic E-state index is 14.6. The Balaban J connectivity index is 1.38. The van der Waals surface area contributed by atoms with E-state index in [1.54, 1.807) is 31.6 Å². The summed E-state index contributed by atoms with van der Waals surface area (Å²) >= 11 is 0. The van der Waals surface area contributed by atoms with Crippen molar-refractivity contribution in [2.45, 2.75) is 38.5 Å². The maximum Gasteiger partial charge on any atom is 0.317 e. The van der Waals surface area contributed by atoms with Gasteiger partial charge in [0, 0.05) is 73.2 Å². The van der Waals surface area contributed by atoms with Gasteiger partial charge in [-0.2, -0.15) is 10.1 Å². The highest BCUT2D eigenvalue weighted by atomic mass is 19.1. The van der Waals surface area contributed by atoms with Crippen LogP contribution >= 0.6 is 0 Å². The summed E-state index contributed by atoms with van der Waals surface area (Å²) in [5, 5.41) is 11.9. The van der Waals surface area contributed by atoms with Gasteiger partial charge in [-0.05, 0) is 38.1 Å². The van der Waals surface area contributed by atoms with Crippen LogP contribution in [0.2, 0.25) is 0 Å². The standard InChI is InChI=1S/C27H30FN7O3/c1-15-11-35(12-16(2)30-15)23-5-4-20(25-21(23)10-29-27(32-25)38-19-6-7-37-14-19)26(36)31-18-8-17-13-34(3)33-24(17)22(28)9-18/h4-5,8-10,13,15-16,19,30H,6-7,11-12,14H2,1-3H3,(H,31,36)/t15-,16+,19-/m0/s1. The van der Waals surface area contributed by atoms with Gasteiger partial charge in [-0.25, -0.2) is 9.37 Å². The molecule has 2 aliphatic rings. The molecule has 1 amide bonds. The smallest absolute Gasteiger partial charge is 0.317 e. The Morgan fingerprint density at radius 2 is 2.03 bits per heavy atom. The van der Waals surface area contributed by atoms with Crippen LogP contribution in [0.5, 0.6) is 6.01 Å². The number of piperazine rings is 1. The zero-order valence-corrected chi connectivity index (χ0v) is 21.6. The lowest BCUT2D eigenvalue weighted by atomic mass is 10.0. The molecule has 0 spiro atoms. The van der Waals surface area contributed by atoms with Crippen molar-refractivity contribution in [2.24, 2.45) is 7.05 Å². The molecule has 4 heterocycles. The lowest BCUT2D eigenvalue weighted by Crippen LogP contribution is -2.54. The number of anilines is 2. The zero-order chi connectivity index (χ0) is 26.4. The van der Waals surface area contributed by atoms with Gasteiger partial charge in [-0.3, -0.25) is 9.48 Å². The van der Waals surface area contributed by atoms with Crippen molar-refractivity contribution in [3.63, 3.8) is 0 Å². The fourth-order valence-electron chi connectivity index (χ4n) is 5.37. The molecule has 0 bridgehead atoms. The van der Waals surface area contributed by atoms with Crippen LogP contribution in [0, 0.1) is 5.82 Å². The second-order valence-corrected chi connectivity index (χ2v) is 10.2. The first-order valence-electron chi connectivity index (χ1n) is 12.8. The minimum Gasteiger partial charge on any atom is -0.458 e. The normalized spacial score (nSPS) is 21.8. The Kier molecular flexibility index (Phi) is 6.32. The fraction of sp³-hybridized carbons (Fsp3) is 0.407. The number of halogens is 1. The molecular formula is C27H30FN7O3.